The number of rotatable bonds is 3. The molecule has 2 N–H and O–H groups in total. The Morgan fingerprint density at radius 3 is 2.22 bits per heavy atom. The van der Waals surface area contributed by atoms with Crippen LogP contribution in [0.3, 0.4) is 0 Å². The molecule has 0 saturated heterocycles. The van der Waals surface area contributed by atoms with Crippen LogP contribution < -0.4 is 5.32 Å². The van der Waals surface area contributed by atoms with Crippen molar-refractivity contribution in [1.29, 1.82) is 0 Å². The third kappa shape index (κ3) is 37.6. The molecule has 56 valence electrons. The minimum Gasteiger partial charge on any atom is -0.394 e. The van der Waals surface area contributed by atoms with E-state index in [1.54, 1.807) is 14.2 Å². The standard InChI is InChI=1S/C3H8O2.C2H5NO/c1-5-3-2-4;1-3-2-4/h4H,2-3H2,1H3;2H,1H3,(H,3,4). The van der Waals surface area contributed by atoms with E-state index in [-0.39, 0.29) is 6.61 Å². The summed E-state index contributed by atoms with van der Waals surface area (Å²) in [5.74, 6) is 0. The fourth-order valence-corrected chi connectivity index (χ4v) is 0.0913. The van der Waals surface area contributed by atoms with Gasteiger partial charge in [-0.1, -0.05) is 0 Å². The smallest absolute Gasteiger partial charge is 0.206 e. The molecule has 0 saturated carbocycles. The van der Waals surface area contributed by atoms with Gasteiger partial charge in [-0.2, -0.15) is 0 Å². The van der Waals surface area contributed by atoms with Crippen LogP contribution in [0.1, 0.15) is 0 Å². The second-order valence-electron chi connectivity index (χ2n) is 1.12. The van der Waals surface area contributed by atoms with Gasteiger partial charge in [0.25, 0.3) is 0 Å². The minimum atomic E-state index is 0.122. The van der Waals surface area contributed by atoms with Crippen molar-refractivity contribution in [2.75, 3.05) is 27.4 Å². The quantitative estimate of drug-likeness (QED) is 0.487. The molecule has 0 spiro atoms. The zero-order valence-electron chi connectivity index (χ0n) is 5.76. The summed E-state index contributed by atoms with van der Waals surface area (Å²) in [5.41, 5.74) is 0. The molecule has 0 aromatic carbocycles. The third-order valence-corrected chi connectivity index (χ3v) is 0.413. The van der Waals surface area contributed by atoms with Gasteiger partial charge >= 0.3 is 0 Å². The molecule has 9 heavy (non-hydrogen) atoms. The average Bonchev–Trinajstić information content (AvgIpc) is 1.91. The van der Waals surface area contributed by atoms with Crippen molar-refractivity contribution in [2.45, 2.75) is 0 Å². The number of methoxy groups -OCH3 is 1. The normalized spacial score (nSPS) is 7.00. The number of carbonyl (C=O) groups excluding carboxylic acids is 1. The number of nitrogens with one attached hydrogen (secondary N) is 1. The molecular weight excluding hydrogens is 122 g/mol. The second kappa shape index (κ2) is 15.7. The van der Waals surface area contributed by atoms with E-state index in [4.69, 9.17) is 9.90 Å². The van der Waals surface area contributed by atoms with Crippen molar-refractivity contribution < 1.29 is 14.6 Å². The van der Waals surface area contributed by atoms with E-state index in [0.717, 1.165) is 0 Å². The predicted octanol–water partition coefficient (Wildman–Crippen LogP) is -1.01. The van der Waals surface area contributed by atoms with Gasteiger partial charge in [-0.3, -0.25) is 4.79 Å². The van der Waals surface area contributed by atoms with Crippen molar-refractivity contribution in [3.8, 4) is 0 Å². The molecule has 0 aliphatic rings. The van der Waals surface area contributed by atoms with Crippen LogP contribution in [0.2, 0.25) is 0 Å². The first-order valence-corrected chi connectivity index (χ1v) is 2.54. The first-order valence-electron chi connectivity index (χ1n) is 2.54. The number of ether oxygens (including phenoxy) is 1. The van der Waals surface area contributed by atoms with Gasteiger partial charge in [-0.15, -0.1) is 0 Å². The van der Waals surface area contributed by atoms with Crippen molar-refractivity contribution in [2.24, 2.45) is 0 Å². The highest BCUT2D eigenvalue weighted by Crippen LogP contribution is 1.56. The van der Waals surface area contributed by atoms with Crippen molar-refractivity contribution in [3.05, 3.63) is 0 Å². The zero-order valence-corrected chi connectivity index (χ0v) is 5.76. The van der Waals surface area contributed by atoms with Crippen molar-refractivity contribution in [3.63, 3.8) is 0 Å². The highest BCUT2D eigenvalue weighted by atomic mass is 16.5. The average molecular weight is 135 g/mol. The summed E-state index contributed by atoms with van der Waals surface area (Å²) in [7, 11) is 3.11. The maximum absolute atomic E-state index is 9.06. The highest BCUT2D eigenvalue weighted by molar-refractivity contribution is 5.44. The molecule has 0 radical (unpaired) electrons. The molecule has 0 fully saturated rings. The summed E-state index contributed by atoms with van der Waals surface area (Å²) in [6, 6.07) is 0. The lowest BCUT2D eigenvalue weighted by Crippen LogP contribution is -1.98. The van der Waals surface area contributed by atoms with Crippen LogP contribution in [0.5, 0.6) is 0 Å². The molecule has 0 unspecified atom stereocenters. The SMILES string of the molecule is CNC=O.COCCO. The molecule has 0 aliphatic heterocycles. The fourth-order valence-electron chi connectivity index (χ4n) is 0.0913. The number of amides is 1. The van der Waals surface area contributed by atoms with E-state index in [9.17, 15) is 0 Å². The van der Waals surface area contributed by atoms with Gasteiger partial charge < -0.3 is 15.2 Å². The Bertz CT molecular complexity index is 47.5. The van der Waals surface area contributed by atoms with E-state index in [1.165, 1.54) is 0 Å². The lowest BCUT2D eigenvalue weighted by Gasteiger charge is -1.84. The molecular formula is C5H13NO3. The van der Waals surface area contributed by atoms with Gasteiger partial charge in [0.2, 0.25) is 6.41 Å². The largest absolute Gasteiger partial charge is 0.394 e. The van der Waals surface area contributed by atoms with E-state index in [2.05, 4.69) is 10.1 Å². The summed E-state index contributed by atoms with van der Waals surface area (Å²) >= 11 is 0. The van der Waals surface area contributed by atoms with Gasteiger partial charge in [-0.25, -0.2) is 0 Å². The number of aliphatic hydroxyl groups is 1. The van der Waals surface area contributed by atoms with Crippen molar-refractivity contribution in [1.82, 2.24) is 5.32 Å². The van der Waals surface area contributed by atoms with E-state index in [1.807, 2.05) is 0 Å². The molecule has 0 atom stereocenters. The van der Waals surface area contributed by atoms with Crippen molar-refractivity contribution >= 4 is 6.41 Å². The van der Waals surface area contributed by atoms with Gasteiger partial charge in [0.1, 0.15) is 0 Å². The summed E-state index contributed by atoms with van der Waals surface area (Å²) in [6.07, 6.45) is 0.625. The molecule has 0 aromatic heterocycles. The van der Waals surface area contributed by atoms with E-state index < -0.39 is 0 Å². The first kappa shape index (κ1) is 11.2. The second-order valence-corrected chi connectivity index (χ2v) is 1.12. The Morgan fingerprint density at radius 1 is 1.78 bits per heavy atom. The Labute approximate surface area is 54.8 Å². The molecule has 0 rings (SSSR count). The lowest BCUT2D eigenvalue weighted by molar-refractivity contribution is -0.109. The summed E-state index contributed by atoms with van der Waals surface area (Å²) < 4.78 is 4.44. The Hall–Kier alpha value is -0.610. The van der Waals surface area contributed by atoms with Crippen LogP contribution in [-0.2, 0) is 9.53 Å². The molecule has 0 heterocycles. The van der Waals surface area contributed by atoms with E-state index >= 15 is 0 Å². The number of carbonyl (C=O) groups is 1. The molecule has 0 aliphatic carbocycles. The lowest BCUT2D eigenvalue weighted by atomic mass is 10.8. The highest BCUT2D eigenvalue weighted by Gasteiger charge is 1.67. The van der Waals surface area contributed by atoms with Gasteiger partial charge in [0, 0.05) is 14.2 Å². The topological polar surface area (TPSA) is 58.6 Å². The van der Waals surface area contributed by atoms with Gasteiger partial charge in [0.05, 0.1) is 13.2 Å². The van der Waals surface area contributed by atoms with Crippen LogP contribution >= 0.6 is 0 Å². The monoisotopic (exact) mass is 135 g/mol. The zero-order chi connectivity index (χ0) is 7.54. The summed E-state index contributed by atoms with van der Waals surface area (Å²) in [6.45, 7) is 0.566. The predicted molar refractivity (Wildman–Crippen MR) is 34.1 cm³/mol. The Balaban J connectivity index is 0. The Kier molecular flexibility index (Phi) is 19.5. The number of hydrogen-bond donors (Lipinski definition) is 2. The maximum atomic E-state index is 9.06. The summed E-state index contributed by atoms with van der Waals surface area (Å²) in [5, 5.41) is 10.2. The van der Waals surface area contributed by atoms with Crippen LogP contribution in [0.4, 0.5) is 0 Å². The molecule has 1 amide bonds. The van der Waals surface area contributed by atoms with E-state index in [0.29, 0.717) is 13.0 Å². The molecule has 4 nitrogen and oxygen atoms in total. The van der Waals surface area contributed by atoms with Crippen LogP contribution in [0.15, 0.2) is 0 Å². The molecule has 0 bridgehead atoms. The minimum absolute atomic E-state index is 0.122. The van der Waals surface area contributed by atoms with Crippen LogP contribution in [0.25, 0.3) is 0 Å². The fraction of sp³-hybridized carbons (Fsp3) is 0.800. The number of hydrogen-bond acceptors (Lipinski definition) is 3. The first-order chi connectivity index (χ1) is 4.33. The molecule has 4 heteroatoms. The third-order valence-electron chi connectivity index (χ3n) is 0.413. The van der Waals surface area contributed by atoms with Gasteiger partial charge in [0.15, 0.2) is 0 Å². The van der Waals surface area contributed by atoms with Gasteiger partial charge in [-0.05, 0) is 0 Å². The molecule has 0 aromatic rings. The summed E-state index contributed by atoms with van der Waals surface area (Å²) in [4.78, 5) is 9.06. The maximum Gasteiger partial charge on any atom is 0.206 e. The number of aliphatic hydroxyl groups excluding tert-OH is 1. The van der Waals surface area contributed by atoms with Crippen LogP contribution in [-0.4, -0.2) is 38.9 Å². The Morgan fingerprint density at radius 2 is 2.22 bits per heavy atom. The van der Waals surface area contributed by atoms with Crippen LogP contribution in [0, 0.1) is 0 Å².